The Bertz CT molecular complexity index is 573. The fourth-order valence-electron chi connectivity index (χ4n) is 1.73. The SMILES string of the molecule is O=c1ccoc2c1O[C@@H](c1ccccc1)OC2. The summed E-state index contributed by atoms with van der Waals surface area (Å²) in [6, 6.07) is 10.8. The van der Waals surface area contributed by atoms with Gasteiger partial charge in [-0.05, 0) is 0 Å². The Morgan fingerprint density at radius 1 is 1.12 bits per heavy atom. The average Bonchev–Trinajstić information content (AvgIpc) is 2.40. The first-order valence-electron chi connectivity index (χ1n) is 5.28. The van der Waals surface area contributed by atoms with Gasteiger partial charge < -0.3 is 13.9 Å². The highest BCUT2D eigenvalue weighted by Gasteiger charge is 2.25. The van der Waals surface area contributed by atoms with E-state index in [1.165, 1.54) is 12.3 Å². The van der Waals surface area contributed by atoms with Crippen LogP contribution in [0.15, 0.2) is 51.9 Å². The average molecular weight is 230 g/mol. The van der Waals surface area contributed by atoms with E-state index in [-0.39, 0.29) is 17.8 Å². The molecule has 1 aliphatic rings. The number of benzene rings is 1. The third kappa shape index (κ3) is 1.83. The van der Waals surface area contributed by atoms with Crippen molar-refractivity contribution >= 4 is 0 Å². The van der Waals surface area contributed by atoms with E-state index in [2.05, 4.69) is 0 Å². The number of fused-ring (bicyclic) bond motifs is 1. The van der Waals surface area contributed by atoms with Crippen LogP contribution in [0.25, 0.3) is 0 Å². The molecule has 4 nitrogen and oxygen atoms in total. The molecule has 0 bridgehead atoms. The summed E-state index contributed by atoms with van der Waals surface area (Å²) in [7, 11) is 0. The molecule has 0 aliphatic carbocycles. The summed E-state index contributed by atoms with van der Waals surface area (Å²) in [5.41, 5.74) is 0.692. The highest BCUT2D eigenvalue weighted by atomic mass is 16.7. The van der Waals surface area contributed by atoms with E-state index in [9.17, 15) is 4.79 Å². The van der Waals surface area contributed by atoms with Crippen molar-refractivity contribution in [2.75, 3.05) is 0 Å². The summed E-state index contributed by atoms with van der Waals surface area (Å²) < 4.78 is 16.2. The van der Waals surface area contributed by atoms with Crippen molar-refractivity contribution in [2.24, 2.45) is 0 Å². The van der Waals surface area contributed by atoms with Crippen molar-refractivity contribution < 1.29 is 13.9 Å². The Balaban J connectivity index is 1.96. The molecule has 1 aromatic carbocycles. The van der Waals surface area contributed by atoms with E-state index >= 15 is 0 Å². The normalized spacial score (nSPS) is 18.2. The molecule has 0 N–H and O–H groups in total. The molecule has 0 saturated heterocycles. The monoisotopic (exact) mass is 230 g/mol. The molecule has 1 aliphatic heterocycles. The molecule has 2 aromatic rings. The quantitative estimate of drug-likeness (QED) is 0.753. The molecule has 0 radical (unpaired) electrons. The van der Waals surface area contributed by atoms with Gasteiger partial charge in [-0.15, -0.1) is 0 Å². The van der Waals surface area contributed by atoms with Crippen LogP contribution in [0.5, 0.6) is 5.75 Å². The van der Waals surface area contributed by atoms with E-state index in [1.54, 1.807) is 0 Å². The molecular formula is C13H10O4. The van der Waals surface area contributed by atoms with Gasteiger partial charge in [-0.1, -0.05) is 30.3 Å². The van der Waals surface area contributed by atoms with Gasteiger partial charge in [-0.3, -0.25) is 4.79 Å². The van der Waals surface area contributed by atoms with E-state index < -0.39 is 6.29 Å². The molecular weight excluding hydrogens is 220 g/mol. The van der Waals surface area contributed by atoms with Crippen LogP contribution in [0.1, 0.15) is 17.6 Å². The summed E-state index contributed by atoms with van der Waals surface area (Å²) in [5, 5.41) is 0. The van der Waals surface area contributed by atoms with Crippen LogP contribution in [-0.2, 0) is 11.3 Å². The molecule has 86 valence electrons. The zero-order valence-electron chi connectivity index (χ0n) is 8.96. The van der Waals surface area contributed by atoms with Crippen molar-refractivity contribution in [3.63, 3.8) is 0 Å². The zero-order valence-corrected chi connectivity index (χ0v) is 8.96. The van der Waals surface area contributed by atoms with Gasteiger partial charge in [0, 0.05) is 11.6 Å². The second kappa shape index (κ2) is 4.07. The van der Waals surface area contributed by atoms with Gasteiger partial charge in [0.05, 0.1) is 6.26 Å². The van der Waals surface area contributed by atoms with E-state index in [0.717, 1.165) is 5.56 Å². The molecule has 17 heavy (non-hydrogen) atoms. The maximum Gasteiger partial charge on any atom is 0.227 e. The van der Waals surface area contributed by atoms with E-state index in [4.69, 9.17) is 13.9 Å². The van der Waals surface area contributed by atoms with Crippen molar-refractivity contribution in [1.82, 2.24) is 0 Å². The Hall–Kier alpha value is -2.07. The first-order chi connectivity index (χ1) is 8.34. The van der Waals surface area contributed by atoms with Crippen LogP contribution in [-0.4, -0.2) is 0 Å². The van der Waals surface area contributed by atoms with E-state index in [0.29, 0.717) is 5.76 Å². The number of hydrogen-bond donors (Lipinski definition) is 0. The minimum absolute atomic E-state index is 0.185. The Labute approximate surface area is 97.4 Å². The summed E-state index contributed by atoms with van der Waals surface area (Å²) in [5.74, 6) is 0.678. The maximum absolute atomic E-state index is 11.6. The highest BCUT2D eigenvalue weighted by molar-refractivity contribution is 5.27. The smallest absolute Gasteiger partial charge is 0.227 e. The van der Waals surface area contributed by atoms with Crippen LogP contribution in [0, 0.1) is 0 Å². The number of ether oxygens (including phenoxy) is 2. The Morgan fingerprint density at radius 3 is 2.76 bits per heavy atom. The summed E-state index contributed by atoms with van der Waals surface area (Å²) in [6.45, 7) is 0.241. The maximum atomic E-state index is 11.6. The van der Waals surface area contributed by atoms with Crippen LogP contribution in [0.4, 0.5) is 0 Å². The predicted octanol–water partition coefficient (Wildman–Crippen LogP) is 2.25. The van der Waals surface area contributed by atoms with Crippen molar-refractivity contribution in [2.45, 2.75) is 12.9 Å². The molecule has 0 spiro atoms. The third-order valence-electron chi connectivity index (χ3n) is 2.57. The van der Waals surface area contributed by atoms with Crippen molar-refractivity contribution in [3.05, 3.63) is 64.2 Å². The zero-order chi connectivity index (χ0) is 11.7. The lowest BCUT2D eigenvalue weighted by Crippen LogP contribution is -2.22. The third-order valence-corrected chi connectivity index (χ3v) is 2.57. The first-order valence-corrected chi connectivity index (χ1v) is 5.28. The second-order valence-electron chi connectivity index (χ2n) is 3.71. The van der Waals surface area contributed by atoms with Crippen molar-refractivity contribution in [3.8, 4) is 5.75 Å². The topological polar surface area (TPSA) is 48.7 Å². The number of rotatable bonds is 1. The molecule has 0 amide bonds. The minimum atomic E-state index is -0.547. The van der Waals surface area contributed by atoms with Crippen LogP contribution < -0.4 is 10.2 Å². The molecule has 1 atom stereocenters. The standard InChI is InChI=1S/C13H10O4/c14-10-6-7-15-11-8-16-13(17-12(10)11)9-4-2-1-3-5-9/h1-7,13H,8H2/t13-/m0/s1. The molecule has 4 heteroatoms. The van der Waals surface area contributed by atoms with Gasteiger partial charge in [-0.25, -0.2) is 0 Å². The predicted molar refractivity (Wildman–Crippen MR) is 59.6 cm³/mol. The fourth-order valence-corrected chi connectivity index (χ4v) is 1.73. The molecule has 0 unspecified atom stereocenters. The largest absolute Gasteiger partial charge is 0.463 e. The lowest BCUT2D eigenvalue weighted by molar-refractivity contribution is -0.120. The second-order valence-corrected chi connectivity index (χ2v) is 3.71. The Morgan fingerprint density at radius 2 is 1.94 bits per heavy atom. The highest BCUT2D eigenvalue weighted by Crippen LogP contribution is 2.29. The van der Waals surface area contributed by atoms with Gasteiger partial charge in [0.2, 0.25) is 17.5 Å². The van der Waals surface area contributed by atoms with Gasteiger partial charge in [0.1, 0.15) is 6.61 Å². The minimum Gasteiger partial charge on any atom is -0.463 e. The van der Waals surface area contributed by atoms with Gasteiger partial charge in [0.25, 0.3) is 0 Å². The van der Waals surface area contributed by atoms with Crippen LogP contribution in [0.3, 0.4) is 0 Å². The summed E-state index contributed by atoms with van der Waals surface area (Å²) in [6.07, 6.45) is 0.797. The van der Waals surface area contributed by atoms with Gasteiger partial charge >= 0.3 is 0 Å². The molecule has 1 aromatic heterocycles. The molecule has 3 rings (SSSR count). The Kier molecular flexibility index (Phi) is 2.42. The van der Waals surface area contributed by atoms with Gasteiger partial charge in [-0.2, -0.15) is 0 Å². The van der Waals surface area contributed by atoms with E-state index in [1.807, 2.05) is 30.3 Å². The molecule has 0 fully saturated rings. The van der Waals surface area contributed by atoms with Crippen LogP contribution >= 0.6 is 0 Å². The van der Waals surface area contributed by atoms with Gasteiger partial charge in [0.15, 0.2) is 5.76 Å². The lowest BCUT2D eigenvalue weighted by atomic mass is 10.2. The molecule has 0 saturated carbocycles. The van der Waals surface area contributed by atoms with Crippen molar-refractivity contribution in [1.29, 1.82) is 0 Å². The lowest BCUT2D eigenvalue weighted by Gasteiger charge is -2.24. The van der Waals surface area contributed by atoms with Crippen LogP contribution in [0.2, 0.25) is 0 Å². The summed E-state index contributed by atoms with van der Waals surface area (Å²) >= 11 is 0. The molecule has 2 heterocycles. The summed E-state index contributed by atoms with van der Waals surface area (Å²) in [4.78, 5) is 11.6. The fraction of sp³-hybridized carbons (Fsp3) is 0.154. The number of hydrogen-bond acceptors (Lipinski definition) is 4. The first kappa shape index (κ1) is 10.1.